The van der Waals surface area contributed by atoms with Crippen LogP contribution in [0.4, 0.5) is 0 Å². The number of halogens is 2. The topological polar surface area (TPSA) is 17.1 Å². The van der Waals surface area contributed by atoms with Gasteiger partial charge in [-0.25, -0.2) is 0 Å². The molecule has 0 saturated carbocycles. The molecule has 0 aliphatic carbocycles. The SMILES string of the molecule is Cc1cc(P(=O)(c2ccccc2)c2cc(C)c(Br)cc2C)c(C)cc1Br. The molecule has 0 aromatic heterocycles. The van der Waals surface area contributed by atoms with E-state index in [2.05, 4.69) is 56.1 Å². The van der Waals surface area contributed by atoms with Crippen LogP contribution in [0.15, 0.2) is 63.5 Å². The second-order valence-corrected chi connectivity index (χ2v) is 11.1. The average molecular weight is 492 g/mol. The van der Waals surface area contributed by atoms with Crippen molar-refractivity contribution in [2.24, 2.45) is 0 Å². The average Bonchev–Trinajstić information content (AvgIpc) is 2.61. The Morgan fingerprint density at radius 3 is 1.50 bits per heavy atom. The van der Waals surface area contributed by atoms with Gasteiger partial charge in [-0.3, -0.25) is 0 Å². The largest absolute Gasteiger partial charge is 0.309 e. The van der Waals surface area contributed by atoms with E-state index in [4.69, 9.17) is 0 Å². The number of benzene rings is 3. The highest BCUT2D eigenvalue weighted by Crippen LogP contribution is 2.45. The van der Waals surface area contributed by atoms with Crippen molar-refractivity contribution in [2.75, 3.05) is 0 Å². The summed E-state index contributed by atoms with van der Waals surface area (Å²) in [5.74, 6) is 0. The van der Waals surface area contributed by atoms with Crippen LogP contribution in [0.2, 0.25) is 0 Å². The van der Waals surface area contributed by atoms with Gasteiger partial charge in [-0.1, -0.05) is 62.2 Å². The maximum absolute atomic E-state index is 14.8. The predicted octanol–water partition coefficient (Wildman–Crippen LogP) is 6.08. The van der Waals surface area contributed by atoms with Gasteiger partial charge in [-0.15, -0.1) is 0 Å². The van der Waals surface area contributed by atoms with E-state index in [1.807, 2.05) is 58.0 Å². The molecule has 0 N–H and O–H groups in total. The zero-order chi connectivity index (χ0) is 19.1. The Balaban J connectivity index is 2.42. The molecule has 0 unspecified atom stereocenters. The third-order valence-electron chi connectivity index (χ3n) is 4.75. The highest BCUT2D eigenvalue weighted by atomic mass is 79.9. The van der Waals surface area contributed by atoms with Gasteiger partial charge in [-0.05, 0) is 74.2 Å². The molecule has 1 nitrogen and oxygen atoms in total. The van der Waals surface area contributed by atoms with E-state index in [1.165, 1.54) is 0 Å². The molecule has 0 heterocycles. The Morgan fingerprint density at radius 1 is 0.654 bits per heavy atom. The van der Waals surface area contributed by atoms with Crippen molar-refractivity contribution in [1.82, 2.24) is 0 Å². The Morgan fingerprint density at radius 2 is 1.08 bits per heavy atom. The number of aryl methyl sites for hydroxylation is 4. The van der Waals surface area contributed by atoms with Crippen molar-refractivity contribution in [2.45, 2.75) is 27.7 Å². The minimum Gasteiger partial charge on any atom is -0.309 e. The third-order valence-corrected chi connectivity index (χ3v) is 9.81. The van der Waals surface area contributed by atoms with E-state index in [-0.39, 0.29) is 0 Å². The van der Waals surface area contributed by atoms with Crippen LogP contribution in [0, 0.1) is 27.7 Å². The van der Waals surface area contributed by atoms with Crippen molar-refractivity contribution < 1.29 is 4.57 Å². The quantitative estimate of drug-likeness (QED) is 0.405. The summed E-state index contributed by atoms with van der Waals surface area (Å²) in [7, 11) is -2.99. The van der Waals surface area contributed by atoms with Crippen LogP contribution in [0.1, 0.15) is 22.3 Å². The first-order chi connectivity index (χ1) is 12.2. The van der Waals surface area contributed by atoms with Gasteiger partial charge in [0.15, 0.2) is 7.14 Å². The van der Waals surface area contributed by atoms with E-state index in [9.17, 15) is 4.57 Å². The van der Waals surface area contributed by atoms with Crippen LogP contribution in [0.25, 0.3) is 0 Å². The first-order valence-electron chi connectivity index (χ1n) is 8.45. The van der Waals surface area contributed by atoms with Gasteiger partial charge in [0.1, 0.15) is 0 Å². The molecule has 0 bridgehead atoms. The van der Waals surface area contributed by atoms with Crippen LogP contribution in [-0.2, 0) is 4.57 Å². The molecule has 0 aliphatic rings. The van der Waals surface area contributed by atoms with Gasteiger partial charge in [0.2, 0.25) is 0 Å². The van der Waals surface area contributed by atoms with Crippen LogP contribution in [0.5, 0.6) is 0 Å². The zero-order valence-electron chi connectivity index (χ0n) is 15.3. The predicted molar refractivity (Wildman–Crippen MR) is 120 cm³/mol. The maximum Gasteiger partial charge on any atom is 0.171 e. The minimum absolute atomic E-state index is 0.870. The molecular formula is C22H21Br2OP. The summed E-state index contributed by atoms with van der Waals surface area (Å²) >= 11 is 7.20. The lowest BCUT2D eigenvalue weighted by Gasteiger charge is -2.25. The molecule has 0 fully saturated rings. The fourth-order valence-electron chi connectivity index (χ4n) is 3.26. The van der Waals surface area contributed by atoms with E-state index < -0.39 is 7.14 Å². The lowest BCUT2D eigenvalue weighted by molar-refractivity contribution is 0.592. The van der Waals surface area contributed by atoms with Gasteiger partial charge >= 0.3 is 0 Å². The molecule has 0 saturated heterocycles. The molecule has 3 rings (SSSR count). The van der Waals surface area contributed by atoms with Crippen molar-refractivity contribution in [1.29, 1.82) is 0 Å². The second-order valence-electron chi connectivity index (χ2n) is 6.72. The van der Waals surface area contributed by atoms with E-state index >= 15 is 0 Å². The fourth-order valence-corrected chi connectivity index (χ4v) is 7.45. The van der Waals surface area contributed by atoms with Crippen molar-refractivity contribution in [3.05, 3.63) is 85.8 Å². The zero-order valence-corrected chi connectivity index (χ0v) is 19.4. The molecule has 0 radical (unpaired) electrons. The minimum atomic E-state index is -2.99. The smallest absolute Gasteiger partial charge is 0.171 e. The molecule has 0 spiro atoms. The summed E-state index contributed by atoms with van der Waals surface area (Å²) in [5, 5.41) is 2.69. The molecule has 134 valence electrons. The monoisotopic (exact) mass is 490 g/mol. The van der Waals surface area contributed by atoms with Crippen LogP contribution in [-0.4, -0.2) is 0 Å². The van der Waals surface area contributed by atoms with Crippen molar-refractivity contribution >= 4 is 54.9 Å². The summed E-state index contributed by atoms with van der Waals surface area (Å²) < 4.78 is 16.8. The van der Waals surface area contributed by atoms with E-state index in [0.29, 0.717) is 0 Å². The molecule has 4 heteroatoms. The number of hydrogen-bond donors (Lipinski definition) is 0. The number of hydrogen-bond acceptors (Lipinski definition) is 1. The van der Waals surface area contributed by atoms with E-state index in [0.717, 1.165) is 47.1 Å². The van der Waals surface area contributed by atoms with Crippen LogP contribution in [0.3, 0.4) is 0 Å². The fraction of sp³-hybridized carbons (Fsp3) is 0.182. The summed E-state index contributed by atoms with van der Waals surface area (Å²) in [6, 6.07) is 18.1. The Labute approximate surface area is 172 Å². The Bertz CT molecular complexity index is 965. The molecule has 0 atom stereocenters. The van der Waals surface area contributed by atoms with Gasteiger partial charge in [0, 0.05) is 24.9 Å². The van der Waals surface area contributed by atoms with Gasteiger partial charge in [0.05, 0.1) is 0 Å². The maximum atomic E-state index is 14.8. The lowest BCUT2D eigenvalue weighted by atomic mass is 10.2. The third kappa shape index (κ3) is 3.38. The summed E-state index contributed by atoms with van der Waals surface area (Å²) in [6.45, 7) is 8.16. The molecule has 26 heavy (non-hydrogen) atoms. The van der Waals surface area contributed by atoms with Crippen molar-refractivity contribution in [3.8, 4) is 0 Å². The Hall–Kier alpha value is -1.15. The molecule has 3 aromatic carbocycles. The molecule has 3 aromatic rings. The van der Waals surface area contributed by atoms with Gasteiger partial charge in [-0.2, -0.15) is 0 Å². The standard InChI is InChI=1S/C22H21Br2OP/c1-14-12-21(16(3)10-19(14)23)26(25,18-8-6-5-7-9-18)22-13-15(2)20(24)11-17(22)4/h5-13H,1-4H3. The molecular weight excluding hydrogens is 471 g/mol. The summed E-state index contributed by atoms with van der Waals surface area (Å²) in [6.07, 6.45) is 0. The first-order valence-corrected chi connectivity index (χ1v) is 11.7. The molecule has 0 aliphatic heterocycles. The van der Waals surface area contributed by atoms with Gasteiger partial charge < -0.3 is 4.57 Å². The summed E-state index contributed by atoms with van der Waals surface area (Å²) in [5.41, 5.74) is 4.26. The molecule has 0 amide bonds. The number of rotatable bonds is 3. The Kier molecular flexibility index (Phi) is 5.63. The normalized spacial score (nSPS) is 11.6. The first kappa shape index (κ1) is 19.6. The lowest BCUT2D eigenvalue weighted by Crippen LogP contribution is -2.28. The van der Waals surface area contributed by atoms with Crippen LogP contribution >= 0.6 is 39.0 Å². The van der Waals surface area contributed by atoms with Gasteiger partial charge in [0.25, 0.3) is 0 Å². The van der Waals surface area contributed by atoms with Crippen LogP contribution < -0.4 is 15.9 Å². The highest BCUT2D eigenvalue weighted by Gasteiger charge is 2.33. The van der Waals surface area contributed by atoms with Crippen molar-refractivity contribution in [3.63, 3.8) is 0 Å². The summed E-state index contributed by atoms with van der Waals surface area (Å²) in [4.78, 5) is 0. The van der Waals surface area contributed by atoms with E-state index in [1.54, 1.807) is 0 Å². The second kappa shape index (κ2) is 7.46. The highest BCUT2D eigenvalue weighted by molar-refractivity contribution is 9.10.